The normalized spacial score (nSPS) is 15.3. The monoisotopic (exact) mass is 350 g/mol. The first-order valence-corrected chi connectivity index (χ1v) is 8.95. The number of carbonyl (C=O) groups is 1. The Morgan fingerprint density at radius 2 is 1.92 bits per heavy atom. The maximum atomic E-state index is 13.2. The molecule has 1 aliphatic heterocycles. The van der Waals surface area contributed by atoms with Crippen molar-refractivity contribution in [2.45, 2.75) is 12.8 Å². The number of piperidine rings is 1. The number of amides is 1. The van der Waals surface area contributed by atoms with Gasteiger partial charge in [0.15, 0.2) is 5.76 Å². The average Bonchev–Trinajstić information content (AvgIpc) is 3.38. The van der Waals surface area contributed by atoms with Crippen LogP contribution in [-0.4, -0.2) is 40.2 Å². The molecule has 0 unspecified atom stereocenters. The number of nitrogens with zero attached hydrogens (tertiary/aromatic N) is 3. The van der Waals surface area contributed by atoms with Gasteiger partial charge in [-0.05, 0) is 49.6 Å². The van der Waals surface area contributed by atoms with E-state index in [0.29, 0.717) is 29.6 Å². The third-order valence-electron chi connectivity index (χ3n) is 4.94. The smallest absolute Gasteiger partial charge is 0.272 e. The molecule has 6 heteroatoms. The first-order chi connectivity index (χ1) is 12.8. The molecule has 6 nitrogen and oxygen atoms in total. The Morgan fingerprint density at radius 3 is 2.58 bits per heavy atom. The summed E-state index contributed by atoms with van der Waals surface area (Å²) in [6, 6.07) is 15.2. The van der Waals surface area contributed by atoms with E-state index in [1.165, 1.54) is 0 Å². The molecule has 0 saturated carbocycles. The van der Waals surface area contributed by atoms with E-state index in [1.54, 1.807) is 10.9 Å². The highest BCUT2D eigenvalue weighted by Gasteiger charge is 2.27. The van der Waals surface area contributed by atoms with Crippen LogP contribution in [0.1, 0.15) is 23.3 Å². The minimum Gasteiger partial charge on any atom is -0.463 e. The number of nitrogens with two attached hydrogens (primary N) is 1. The third kappa shape index (κ3) is 3.15. The number of furan rings is 1. The Bertz CT molecular complexity index is 863. The average molecular weight is 350 g/mol. The lowest BCUT2D eigenvalue weighted by Gasteiger charge is -2.31. The van der Waals surface area contributed by atoms with Crippen LogP contribution in [0.15, 0.2) is 59.2 Å². The lowest BCUT2D eigenvalue weighted by Crippen LogP contribution is -2.40. The Labute approximate surface area is 152 Å². The Hall–Kier alpha value is -2.86. The molecule has 134 valence electrons. The summed E-state index contributed by atoms with van der Waals surface area (Å²) in [4.78, 5) is 15.1. The molecular formula is C20H22N4O2. The van der Waals surface area contributed by atoms with Crippen molar-refractivity contribution >= 4 is 5.91 Å². The van der Waals surface area contributed by atoms with Crippen molar-refractivity contribution in [3.63, 3.8) is 0 Å². The number of carbonyl (C=O) groups excluding carboxylic acids is 1. The van der Waals surface area contributed by atoms with Gasteiger partial charge in [-0.15, -0.1) is 0 Å². The van der Waals surface area contributed by atoms with Gasteiger partial charge < -0.3 is 15.1 Å². The minimum absolute atomic E-state index is 0.00497. The molecule has 2 aromatic heterocycles. The maximum absolute atomic E-state index is 13.2. The zero-order valence-electron chi connectivity index (χ0n) is 14.5. The number of hydrogen-bond acceptors (Lipinski definition) is 4. The summed E-state index contributed by atoms with van der Waals surface area (Å²) in [5.74, 6) is 1.15. The second-order valence-corrected chi connectivity index (χ2v) is 6.61. The van der Waals surface area contributed by atoms with Crippen LogP contribution in [0.3, 0.4) is 0 Å². The molecule has 0 bridgehead atoms. The molecule has 3 heterocycles. The fraction of sp³-hybridized carbons (Fsp3) is 0.300. The van der Waals surface area contributed by atoms with E-state index >= 15 is 0 Å². The zero-order valence-corrected chi connectivity index (χ0v) is 14.5. The largest absolute Gasteiger partial charge is 0.463 e. The zero-order chi connectivity index (χ0) is 17.9. The number of likely N-dealkylation sites (tertiary alicyclic amines) is 1. The van der Waals surface area contributed by atoms with Crippen LogP contribution < -0.4 is 5.73 Å². The SMILES string of the molecule is NCC1CCN(C(=O)c2cc(-c3ccco3)nn2-c2ccccc2)CC1. The van der Waals surface area contributed by atoms with Gasteiger partial charge in [-0.25, -0.2) is 4.68 Å². The van der Waals surface area contributed by atoms with Gasteiger partial charge >= 0.3 is 0 Å². The standard InChI is InChI=1S/C20H22N4O2/c21-14-15-8-10-23(11-9-15)20(25)18-13-17(19-7-4-12-26-19)22-24(18)16-5-2-1-3-6-16/h1-7,12-13,15H,8-11,14,21H2. The van der Waals surface area contributed by atoms with Crippen LogP contribution in [0.25, 0.3) is 17.1 Å². The van der Waals surface area contributed by atoms with E-state index in [9.17, 15) is 4.79 Å². The minimum atomic E-state index is -0.00497. The highest BCUT2D eigenvalue weighted by atomic mass is 16.3. The topological polar surface area (TPSA) is 77.3 Å². The number of rotatable bonds is 4. The summed E-state index contributed by atoms with van der Waals surface area (Å²) in [6.45, 7) is 2.15. The van der Waals surface area contributed by atoms with E-state index in [0.717, 1.165) is 31.6 Å². The van der Waals surface area contributed by atoms with Crippen LogP contribution in [0.4, 0.5) is 0 Å². The van der Waals surface area contributed by atoms with Crippen LogP contribution in [-0.2, 0) is 0 Å². The van der Waals surface area contributed by atoms with Gasteiger partial charge in [0.05, 0.1) is 12.0 Å². The molecule has 1 amide bonds. The van der Waals surface area contributed by atoms with E-state index in [1.807, 2.05) is 53.4 Å². The van der Waals surface area contributed by atoms with Gasteiger partial charge in [-0.2, -0.15) is 5.10 Å². The second-order valence-electron chi connectivity index (χ2n) is 6.61. The van der Waals surface area contributed by atoms with Crippen LogP contribution in [0.5, 0.6) is 0 Å². The molecule has 1 aromatic carbocycles. The Morgan fingerprint density at radius 1 is 1.15 bits per heavy atom. The fourth-order valence-electron chi connectivity index (χ4n) is 3.38. The van der Waals surface area contributed by atoms with Crippen molar-refractivity contribution in [1.29, 1.82) is 0 Å². The summed E-state index contributed by atoms with van der Waals surface area (Å²) in [6.07, 6.45) is 3.51. The quantitative estimate of drug-likeness (QED) is 0.785. The molecule has 3 aromatic rings. The number of para-hydroxylation sites is 1. The van der Waals surface area contributed by atoms with Crippen molar-refractivity contribution in [2.24, 2.45) is 11.7 Å². The first-order valence-electron chi connectivity index (χ1n) is 8.95. The molecule has 26 heavy (non-hydrogen) atoms. The number of benzene rings is 1. The predicted molar refractivity (Wildman–Crippen MR) is 98.9 cm³/mol. The first kappa shape index (κ1) is 16.6. The van der Waals surface area contributed by atoms with E-state index in [2.05, 4.69) is 5.10 Å². The summed E-state index contributed by atoms with van der Waals surface area (Å²) in [7, 11) is 0. The maximum Gasteiger partial charge on any atom is 0.272 e. The molecule has 0 spiro atoms. The van der Waals surface area contributed by atoms with E-state index in [-0.39, 0.29) is 5.91 Å². The van der Waals surface area contributed by atoms with Crippen LogP contribution >= 0.6 is 0 Å². The lowest BCUT2D eigenvalue weighted by molar-refractivity contribution is 0.0684. The molecule has 1 saturated heterocycles. The molecule has 1 aliphatic rings. The van der Waals surface area contributed by atoms with Crippen LogP contribution in [0.2, 0.25) is 0 Å². The summed E-state index contributed by atoms with van der Waals surface area (Å²) >= 11 is 0. The Balaban J connectivity index is 1.69. The van der Waals surface area contributed by atoms with Gasteiger partial charge in [0, 0.05) is 19.2 Å². The van der Waals surface area contributed by atoms with Crippen molar-refractivity contribution in [3.05, 3.63) is 60.5 Å². The highest BCUT2D eigenvalue weighted by Crippen LogP contribution is 2.25. The van der Waals surface area contributed by atoms with Crippen molar-refractivity contribution in [2.75, 3.05) is 19.6 Å². The third-order valence-corrected chi connectivity index (χ3v) is 4.94. The fourth-order valence-corrected chi connectivity index (χ4v) is 3.38. The summed E-state index contributed by atoms with van der Waals surface area (Å²) in [5.41, 5.74) is 7.82. The lowest BCUT2D eigenvalue weighted by atomic mass is 9.97. The predicted octanol–water partition coefficient (Wildman–Crippen LogP) is 2.94. The summed E-state index contributed by atoms with van der Waals surface area (Å²) in [5, 5.41) is 4.63. The molecule has 4 rings (SSSR count). The van der Waals surface area contributed by atoms with Gasteiger partial charge in [-0.1, -0.05) is 18.2 Å². The molecule has 2 N–H and O–H groups in total. The second kappa shape index (κ2) is 7.17. The van der Waals surface area contributed by atoms with Gasteiger partial charge in [-0.3, -0.25) is 4.79 Å². The van der Waals surface area contributed by atoms with Gasteiger partial charge in [0.25, 0.3) is 5.91 Å². The van der Waals surface area contributed by atoms with Crippen molar-refractivity contribution < 1.29 is 9.21 Å². The molecule has 1 fully saturated rings. The van der Waals surface area contributed by atoms with Crippen molar-refractivity contribution in [1.82, 2.24) is 14.7 Å². The van der Waals surface area contributed by atoms with Gasteiger partial charge in [0.1, 0.15) is 11.4 Å². The summed E-state index contributed by atoms with van der Waals surface area (Å²) < 4.78 is 7.17. The molecule has 0 atom stereocenters. The molecule has 0 radical (unpaired) electrons. The molecular weight excluding hydrogens is 328 g/mol. The highest BCUT2D eigenvalue weighted by molar-refractivity contribution is 5.94. The number of aromatic nitrogens is 2. The van der Waals surface area contributed by atoms with E-state index in [4.69, 9.17) is 10.2 Å². The number of hydrogen-bond donors (Lipinski definition) is 1. The van der Waals surface area contributed by atoms with Crippen molar-refractivity contribution in [3.8, 4) is 17.1 Å². The molecule has 0 aliphatic carbocycles. The Kier molecular flexibility index (Phi) is 4.58. The van der Waals surface area contributed by atoms with Crippen LogP contribution in [0, 0.1) is 5.92 Å². The van der Waals surface area contributed by atoms with E-state index < -0.39 is 0 Å². The van der Waals surface area contributed by atoms with Gasteiger partial charge in [0.2, 0.25) is 0 Å².